The Bertz CT molecular complexity index is 884. The van der Waals surface area contributed by atoms with Crippen molar-refractivity contribution in [3.8, 4) is 0 Å². The summed E-state index contributed by atoms with van der Waals surface area (Å²) in [5, 5.41) is 8.79. The zero-order valence-corrected chi connectivity index (χ0v) is 13.8. The Morgan fingerprint density at radius 2 is 2.08 bits per heavy atom. The molecule has 1 aliphatic heterocycles. The molecule has 3 heterocycles. The van der Waals surface area contributed by atoms with Crippen LogP contribution in [0, 0.1) is 0 Å². The number of pyridine rings is 1. The summed E-state index contributed by atoms with van der Waals surface area (Å²) in [7, 11) is 0. The molecule has 1 N–H and O–H groups in total. The van der Waals surface area contributed by atoms with Crippen LogP contribution >= 0.6 is 0 Å². The molecule has 1 fully saturated rings. The molecule has 2 aromatic heterocycles. The molecule has 0 saturated carbocycles. The smallest absolute Gasteiger partial charge is 0.0705 e. The molecule has 0 amide bonds. The SMILES string of the molecule is c1ccc2nc(CN3CCCC4(CCc5cn[nH]c54)C3)ccc2c1. The highest BCUT2D eigenvalue weighted by Gasteiger charge is 2.43. The first-order chi connectivity index (χ1) is 11.8. The quantitative estimate of drug-likeness (QED) is 0.787. The van der Waals surface area contributed by atoms with Gasteiger partial charge in [0.25, 0.3) is 0 Å². The molecular formula is C20H22N4. The molecule has 1 aliphatic carbocycles. The molecule has 1 spiro atoms. The fraction of sp³-hybridized carbons (Fsp3) is 0.400. The van der Waals surface area contributed by atoms with E-state index in [-0.39, 0.29) is 0 Å². The minimum absolute atomic E-state index is 0.293. The van der Waals surface area contributed by atoms with E-state index in [1.807, 2.05) is 6.20 Å². The summed E-state index contributed by atoms with van der Waals surface area (Å²) in [6, 6.07) is 12.7. The second-order valence-corrected chi connectivity index (χ2v) is 7.36. The number of H-pyrrole nitrogens is 1. The van der Waals surface area contributed by atoms with E-state index in [2.05, 4.69) is 51.5 Å². The maximum absolute atomic E-state index is 4.86. The van der Waals surface area contributed by atoms with Crippen molar-refractivity contribution in [2.75, 3.05) is 13.1 Å². The average molecular weight is 318 g/mol. The predicted molar refractivity (Wildman–Crippen MR) is 94.8 cm³/mol. The van der Waals surface area contributed by atoms with Gasteiger partial charge < -0.3 is 0 Å². The number of nitrogens with one attached hydrogen (secondary N) is 1. The van der Waals surface area contributed by atoms with Crippen LogP contribution in [-0.2, 0) is 18.4 Å². The lowest BCUT2D eigenvalue weighted by atomic mass is 9.77. The summed E-state index contributed by atoms with van der Waals surface area (Å²) >= 11 is 0. The normalized spacial score (nSPS) is 23.8. The highest BCUT2D eigenvalue weighted by Crippen LogP contribution is 2.44. The van der Waals surface area contributed by atoms with Gasteiger partial charge >= 0.3 is 0 Å². The first-order valence-electron chi connectivity index (χ1n) is 8.92. The van der Waals surface area contributed by atoms with Gasteiger partial charge in [-0.25, -0.2) is 0 Å². The summed E-state index contributed by atoms with van der Waals surface area (Å²) in [5.41, 5.74) is 5.40. The highest BCUT2D eigenvalue weighted by atomic mass is 15.2. The molecule has 3 aromatic rings. The monoisotopic (exact) mass is 318 g/mol. The van der Waals surface area contributed by atoms with Crippen molar-refractivity contribution < 1.29 is 0 Å². The summed E-state index contributed by atoms with van der Waals surface area (Å²) in [4.78, 5) is 7.44. The van der Waals surface area contributed by atoms with Gasteiger partial charge in [0.15, 0.2) is 0 Å². The van der Waals surface area contributed by atoms with E-state index in [4.69, 9.17) is 4.98 Å². The van der Waals surface area contributed by atoms with Crippen molar-refractivity contribution in [2.24, 2.45) is 0 Å². The number of fused-ring (bicyclic) bond motifs is 3. The van der Waals surface area contributed by atoms with E-state index >= 15 is 0 Å². The Morgan fingerprint density at radius 3 is 3.08 bits per heavy atom. The molecule has 4 heteroatoms. The number of hydrogen-bond acceptors (Lipinski definition) is 3. The number of likely N-dealkylation sites (tertiary alicyclic amines) is 1. The second-order valence-electron chi connectivity index (χ2n) is 7.36. The lowest BCUT2D eigenvalue weighted by Gasteiger charge is -2.40. The molecule has 1 atom stereocenters. The molecule has 1 unspecified atom stereocenters. The topological polar surface area (TPSA) is 44.8 Å². The maximum Gasteiger partial charge on any atom is 0.0705 e. The number of aryl methyl sites for hydroxylation is 1. The molecular weight excluding hydrogens is 296 g/mol. The van der Waals surface area contributed by atoms with Crippen molar-refractivity contribution in [2.45, 2.75) is 37.6 Å². The first-order valence-corrected chi connectivity index (χ1v) is 8.92. The minimum Gasteiger partial charge on any atom is -0.297 e. The summed E-state index contributed by atoms with van der Waals surface area (Å²) in [6.07, 6.45) is 7.00. The van der Waals surface area contributed by atoms with Gasteiger partial charge in [-0.3, -0.25) is 15.0 Å². The van der Waals surface area contributed by atoms with Crippen LogP contribution in [0.15, 0.2) is 42.6 Å². The van der Waals surface area contributed by atoms with Gasteiger partial charge in [-0.2, -0.15) is 5.10 Å². The van der Waals surface area contributed by atoms with Crippen LogP contribution in [0.2, 0.25) is 0 Å². The molecule has 0 bridgehead atoms. The van der Waals surface area contributed by atoms with Crippen molar-refractivity contribution in [3.63, 3.8) is 0 Å². The van der Waals surface area contributed by atoms with Crippen LogP contribution in [0.5, 0.6) is 0 Å². The zero-order valence-electron chi connectivity index (χ0n) is 13.8. The van der Waals surface area contributed by atoms with E-state index in [1.165, 1.54) is 54.6 Å². The third kappa shape index (κ3) is 2.25. The number of benzene rings is 1. The van der Waals surface area contributed by atoms with Crippen molar-refractivity contribution in [3.05, 3.63) is 59.5 Å². The van der Waals surface area contributed by atoms with Gasteiger partial charge in [0, 0.05) is 29.6 Å². The number of para-hydroxylation sites is 1. The standard InChI is InChI=1S/C20H22N4/c1-2-5-18-15(4-1)6-7-17(22-18)13-24-11-3-9-20(14-24)10-8-16-12-21-23-19(16)20/h1-2,4-7,12H,3,8-11,13-14H2,(H,21,23). The number of aromatic amines is 1. The Balaban J connectivity index is 1.39. The molecule has 1 saturated heterocycles. The molecule has 5 rings (SSSR count). The lowest BCUT2D eigenvalue weighted by molar-refractivity contribution is 0.135. The van der Waals surface area contributed by atoms with Crippen LogP contribution in [-0.4, -0.2) is 33.2 Å². The number of aromatic nitrogens is 3. The van der Waals surface area contributed by atoms with Crippen molar-refractivity contribution in [1.82, 2.24) is 20.1 Å². The van der Waals surface area contributed by atoms with Gasteiger partial charge in [0.2, 0.25) is 0 Å². The largest absolute Gasteiger partial charge is 0.297 e. The van der Waals surface area contributed by atoms with E-state index in [0.717, 1.165) is 18.6 Å². The summed E-state index contributed by atoms with van der Waals surface area (Å²) in [5.74, 6) is 0. The molecule has 0 radical (unpaired) electrons. The molecule has 4 nitrogen and oxygen atoms in total. The summed E-state index contributed by atoms with van der Waals surface area (Å²) < 4.78 is 0. The van der Waals surface area contributed by atoms with Gasteiger partial charge in [-0.15, -0.1) is 0 Å². The maximum atomic E-state index is 4.86. The second kappa shape index (κ2) is 5.42. The van der Waals surface area contributed by atoms with Crippen LogP contribution in [0.3, 0.4) is 0 Å². The Hall–Kier alpha value is -2.20. The van der Waals surface area contributed by atoms with Gasteiger partial charge in [-0.05, 0) is 49.9 Å². The molecule has 1 aromatic carbocycles. The minimum atomic E-state index is 0.293. The average Bonchev–Trinajstić information content (AvgIpc) is 3.20. The zero-order chi connectivity index (χ0) is 16.0. The Labute approximate surface area is 141 Å². The van der Waals surface area contributed by atoms with Crippen LogP contribution in [0.4, 0.5) is 0 Å². The number of hydrogen-bond donors (Lipinski definition) is 1. The predicted octanol–water partition coefficient (Wildman–Crippen LogP) is 3.44. The van der Waals surface area contributed by atoms with E-state index < -0.39 is 0 Å². The van der Waals surface area contributed by atoms with E-state index in [1.54, 1.807) is 0 Å². The fourth-order valence-electron chi connectivity index (χ4n) is 4.65. The number of rotatable bonds is 2. The van der Waals surface area contributed by atoms with Gasteiger partial charge in [-0.1, -0.05) is 24.3 Å². The van der Waals surface area contributed by atoms with E-state index in [9.17, 15) is 0 Å². The summed E-state index contributed by atoms with van der Waals surface area (Å²) in [6.45, 7) is 3.23. The molecule has 122 valence electrons. The number of nitrogens with zero attached hydrogens (tertiary/aromatic N) is 3. The van der Waals surface area contributed by atoms with Crippen molar-refractivity contribution in [1.29, 1.82) is 0 Å². The third-order valence-electron chi connectivity index (χ3n) is 5.82. The molecule has 2 aliphatic rings. The van der Waals surface area contributed by atoms with Gasteiger partial charge in [0.05, 0.1) is 17.4 Å². The Kier molecular flexibility index (Phi) is 3.20. The van der Waals surface area contributed by atoms with Crippen LogP contribution < -0.4 is 0 Å². The van der Waals surface area contributed by atoms with E-state index in [0.29, 0.717) is 5.41 Å². The third-order valence-corrected chi connectivity index (χ3v) is 5.82. The van der Waals surface area contributed by atoms with Crippen LogP contribution in [0.25, 0.3) is 10.9 Å². The van der Waals surface area contributed by atoms with Crippen molar-refractivity contribution >= 4 is 10.9 Å². The number of piperidine rings is 1. The highest BCUT2D eigenvalue weighted by molar-refractivity contribution is 5.78. The van der Waals surface area contributed by atoms with Gasteiger partial charge in [0.1, 0.15) is 0 Å². The Morgan fingerprint density at radius 1 is 1.12 bits per heavy atom. The lowest BCUT2D eigenvalue weighted by Crippen LogP contribution is -2.44. The van der Waals surface area contributed by atoms with Crippen LogP contribution in [0.1, 0.15) is 36.2 Å². The fourth-order valence-corrected chi connectivity index (χ4v) is 4.65. The molecule has 24 heavy (non-hydrogen) atoms. The first kappa shape index (κ1) is 14.2.